The highest BCUT2D eigenvalue weighted by Crippen LogP contribution is 2.65. The van der Waals surface area contributed by atoms with Gasteiger partial charge >= 0.3 is 5.97 Å². The Hall–Kier alpha value is -0.570. The highest BCUT2D eigenvalue weighted by molar-refractivity contribution is 6.28. The number of rotatable bonds is 2. The van der Waals surface area contributed by atoms with Gasteiger partial charge in [0.1, 0.15) is 0 Å². The Labute approximate surface area is 75.0 Å². The molecule has 0 heterocycles. The van der Waals surface area contributed by atoms with E-state index in [0.717, 1.165) is 6.08 Å². The lowest BCUT2D eigenvalue weighted by molar-refractivity contribution is -0.142. The molecule has 0 aromatic heterocycles. The van der Waals surface area contributed by atoms with Crippen molar-refractivity contribution in [1.82, 2.24) is 0 Å². The Bertz CT molecular complexity index is 256. The highest BCUT2D eigenvalue weighted by Gasteiger charge is 2.65. The predicted octanol–water partition coefficient (Wildman–Crippen LogP) is 2.54. The van der Waals surface area contributed by atoms with Crippen LogP contribution in [0.15, 0.2) is 11.4 Å². The number of aliphatic carboxylic acids is 1. The van der Waals surface area contributed by atoms with Gasteiger partial charge in [0.2, 0.25) is 0 Å². The molecule has 1 N–H and O–H groups in total. The minimum absolute atomic E-state index is 0.384. The van der Waals surface area contributed by atoms with Crippen LogP contribution in [-0.4, -0.2) is 11.1 Å². The smallest absolute Gasteiger partial charge is 0.314 e. The molecule has 0 aromatic carbocycles. The van der Waals surface area contributed by atoms with Crippen molar-refractivity contribution in [2.45, 2.75) is 20.3 Å². The topological polar surface area (TPSA) is 37.3 Å². The van der Waals surface area contributed by atoms with E-state index in [1.54, 1.807) is 13.8 Å². The lowest BCUT2D eigenvalue weighted by Gasteiger charge is -2.09. The van der Waals surface area contributed by atoms with Crippen molar-refractivity contribution in [1.29, 1.82) is 0 Å². The number of halogens is 2. The summed E-state index contributed by atoms with van der Waals surface area (Å²) in [5, 5.41) is 7.88. The zero-order valence-corrected chi connectivity index (χ0v) is 7.65. The molecule has 0 amide bonds. The second kappa shape index (κ2) is 2.46. The summed E-state index contributed by atoms with van der Waals surface area (Å²) in [6.07, 6.45) is 1.42. The zero-order valence-electron chi connectivity index (χ0n) is 6.90. The molecule has 1 aliphatic rings. The van der Waals surface area contributed by atoms with Crippen LogP contribution in [0.2, 0.25) is 0 Å². The fourth-order valence-corrected chi connectivity index (χ4v) is 1.70. The first-order valence-electron chi connectivity index (χ1n) is 3.59. The van der Waals surface area contributed by atoms with E-state index in [1.807, 2.05) is 0 Å². The van der Waals surface area contributed by atoms with Gasteiger partial charge in [-0.1, -0.05) is 25.4 Å². The molecule has 1 rings (SSSR count). The second-order valence-electron chi connectivity index (χ2n) is 3.77. The maximum Gasteiger partial charge on any atom is 0.314 e. The summed E-state index contributed by atoms with van der Waals surface area (Å²) >= 11 is 5.00. The third kappa shape index (κ3) is 1.22. The van der Waals surface area contributed by atoms with Crippen LogP contribution in [0.3, 0.4) is 0 Å². The van der Waals surface area contributed by atoms with Crippen LogP contribution in [0.25, 0.3) is 0 Å². The first kappa shape index (κ1) is 9.52. The Morgan fingerprint density at radius 2 is 2.08 bits per heavy atom. The van der Waals surface area contributed by atoms with Gasteiger partial charge in [-0.15, -0.1) is 0 Å². The fraction of sp³-hybridized carbons (Fsp3) is 0.625. The lowest BCUT2D eigenvalue weighted by atomic mass is 9.96. The largest absolute Gasteiger partial charge is 0.481 e. The standard InChI is InChI=1S/C8H10ClFO2/c1-7(2)4-8(7,6(11)12)3-5(9)10/h3H,4H2,1-2H3,(H,11,12). The Balaban J connectivity index is 2.95. The number of hydrogen-bond donors (Lipinski definition) is 1. The molecule has 1 aliphatic carbocycles. The lowest BCUT2D eigenvalue weighted by Crippen LogP contribution is -2.18. The molecule has 12 heavy (non-hydrogen) atoms. The molecule has 1 fully saturated rings. The van der Waals surface area contributed by atoms with Crippen molar-refractivity contribution >= 4 is 17.6 Å². The highest BCUT2D eigenvalue weighted by atomic mass is 35.5. The van der Waals surface area contributed by atoms with Gasteiger partial charge in [-0.3, -0.25) is 4.79 Å². The molecule has 0 bridgehead atoms. The number of carbonyl (C=O) groups is 1. The molecule has 1 unspecified atom stereocenters. The van der Waals surface area contributed by atoms with E-state index in [1.165, 1.54) is 0 Å². The van der Waals surface area contributed by atoms with Gasteiger partial charge in [-0.25, -0.2) is 0 Å². The van der Waals surface area contributed by atoms with Crippen molar-refractivity contribution < 1.29 is 14.3 Å². The Morgan fingerprint density at radius 3 is 2.17 bits per heavy atom. The molecule has 4 heteroatoms. The van der Waals surface area contributed by atoms with Gasteiger partial charge in [-0.05, 0) is 17.9 Å². The van der Waals surface area contributed by atoms with Gasteiger partial charge in [0.15, 0.2) is 5.29 Å². The van der Waals surface area contributed by atoms with Gasteiger partial charge in [-0.2, -0.15) is 4.39 Å². The number of carboxylic acid groups (broad SMARTS) is 1. The van der Waals surface area contributed by atoms with E-state index in [-0.39, 0.29) is 5.41 Å². The normalized spacial score (nSPS) is 33.2. The molecular weight excluding hydrogens is 183 g/mol. The summed E-state index contributed by atoms with van der Waals surface area (Å²) in [4.78, 5) is 10.8. The van der Waals surface area contributed by atoms with E-state index >= 15 is 0 Å². The van der Waals surface area contributed by atoms with E-state index in [4.69, 9.17) is 16.7 Å². The summed E-state index contributed by atoms with van der Waals surface area (Å²) in [6.45, 7) is 3.55. The van der Waals surface area contributed by atoms with Gasteiger partial charge in [0.05, 0.1) is 5.41 Å². The monoisotopic (exact) mass is 192 g/mol. The van der Waals surface area contributed by atoms with E-state index in [0.29, 0.717) is 6.42 Å². The maximum atomic E-state index is 12.3. The van der Waals surface area contributed by atoms with Crippen LogP contribution < -0.4 is 0 Å². The second-order valence-corrected chi connectivity index (χ2v) is 4.13. The van der Waals surface area contributed by atoms with Crippen LogP contribution in [0.5, 0.6) is 0 Å². The SMILES string of the molecule is CC1(C)CC1(C=C(F)Cl)C(=O)O. The first-order valence-corrected chi connectivity index (χ1v) is 3.97. The average molecular weight is 193 g/mol. The summed E-state index contributed by atoms with van der Waals surface area (Å²) in [5.41, 5.74) is -1.47. The Kier molecular flexibility index (Phi) is 1.95. The molecule has 2 nitrogen and oxygen atoms in total. The molecule has 1 saturated carbocycles. The van der Waals surface area contributed by atoms with E-state index in [2.05, 4.69) is 0 Å². The van der Waals surface area contributed by atoms with Crippen LogP contribution in [0.1, 0.15) is 20.3 Å². The number of carboxylic acids is 1. The van der Waals surface area contributed by atoms with Crippen LogP contribution in [0, 0.1) is 10.8 Å². The van der Waals surface area contributed by atoms with Crippen LogP contribution in [0.4, 0.5) is 4.39 Å². The predicted molar refractivity (Wildman–Crippen MR) is 43.5 cm³/mol. The van der Waals surface area contributed by atoms with Crippen molar-refractivity contribution in [3.63, 3.8) is 0 Å². The quantitative estimate of drug-likeness (QED) is 0.730. The third-order valence-corrected chi connectivity index (χ3v) is 2.65. The molecule has 0 spiro atoms. The Morgan fingerprint density at radius 1 is 1.67 bits per heavy atom. The van der Waals surface area contributed by atoms with Crippen molar-refractivity contribution in [3.8, 4) is 0 Å². The molecule has 1 atom stereocenters. The minimum Gasteiger partial charge on any atom is -0.481 e. The molecule has 0 saturated heterocycles. The van der Waals surface area contributed by atoms with E-state index in [9.17, 15) is 9.18 Å². The van der Waals surface area contributed by atoms with Crippen LogP contribution in [-0.2, 0) is 4.79 Å². The summed E-state index contributed by atoms with van der Waals surface area (Å²) < 4.78 is 12.3. The maximum absolute atomic E-state index is 12.3. The van der Waals surface area contributed by atoms with Crippen molar-refractivity contribution in [2.24, 2.45) is 10.8 Å². The summed E-state index contributed by atoms with van der Waals surface area (Å²) in [6, 6.07) is 0. The van der Waals surface area contributed by atoms with Gasteiger partial charge in [0.25, 0.3) is 0 Å². The molecular formula is C8H10ClFO2. The summed E-state index contributed by atoms with van der Waals surface area (Å²) in [7, 11) is 0. The molecule has 68 valence electrons. The first-order chi connectivity index (χ1) is 5.32. The van der Waals surface area contributed by atoms with Crippen LogP contribution >= 0.6 is 11.6 Å². The molecule has 0 aliphatic heterocycles. The molecule has 0 aromatic rings. The zero-order chi connectivity index (χ0) is 9.57. The van der Waals surface area contributed by atoms with Gasteiger partial charge in [0, 0.05) is 0 Å². The average Bonchev–Trinajstić information content (AvgIpc) is 2.33. The van der Waals surface area contributed by atoms with Crippen molar-refractivity contribution in [3.05, 3.63) is 11.4 Å². The summed E-state index contributed by atoms with van der Waals surface area (Å²) in [5.74, 6) is -1.01. The van der Waals surface area contributed by atoms with Crippen molar-refractivity contribution in [2.75, 3.05) is 0 Å². The molecule has 0 radical (unpaired) electrons. The minimum atomic E-state index is -1.08. The fourth-order valence-electron chi connectivity index (χ4n) is 1.51. The van der Waals surface area contributed by atoms with E-state index < -0.39 is 16.7 Å². The van der Waals surface area contributed by atoms with Gasteiger partial charge < -0.3 is 5.11 Å². The third-order valence-electron chi connectivity index (χ3n) is 2.54. The number of hydrogen-bond acceptors (Lipinski definition) is 1.